The van der Waals surface area contributed by atoms with Gasteiger partial charge in [0, 0.05) is 12.3 Å². The van der Waals surface area contributed by atoms with Gasteiger partial charge in [0.25, 0.3) is 0 Å². The highest BCUT2D eigenvalue weighted by Crippen LogP contribution is 1.88. The smallest absolute Gasteiger partial charge is 0.0966 e. The van der Waals surface area contributed by atoms with Crippen molar-refractivity contribution in [2.45, 2.75) is 12.6 Å². The molecule has 2 N–H and O–H groups in total. The predicted molar refractivity (Wildman–Crippen MR) is 34.2 cm³/mol. The number of aliphatic hydroxyl groups is 2. The van der Waals surface area contributed by atoms with Crippen molar-refractivity contribution in [1.29, 1.82) is 0 Å². The topological polar surface area (TPSA) is 58.3 Å². The minimum Gasteiger partial charge on any atom is -0.394 e. The summed E-state index contributed by atoms with van der Waals surface area (Å²) in [4.78, 5) is 0. The average molecular weight is 141 g/mol. The van der Waals surface area contributed by atoms with Gasteiger partial charge in [-0.1, -0.05) is 0 Å². The van der Waals surface area contributed by atoms with E-state index in [4.69, 9.17) is 10.2 Å². The fourth-order valence-corrected chi connectivity index (χ4v) is 0.634. The van der Waals surface area contributed by atoms with Gasteiger partial charge >= 0.3 is 0 Å². The summed E-state index contributed by atoms with van der Waals surface area (Å²) in [5, 5.41) is 21.1. The van der Waals surface area contributed by atoms with Crippen LogP contribution in [-0.2, 0) is 6.54 Å². The monoisotopic (exact) mass is 141 g/mol. The molecule has 0 aliphatic heterocycles. The number of nitrogens with zero attached hydrogens (tertiary/aromatic N) is 2. The van der Waals surface area contributed by atoms with Crippen molar-refractivity contribution in [3.63, 3.8) is 0 Å². The molecule has 1 rings (SSSR count). The van der Waals surface area contributed by atoms with Crippen molar-refractivity contribution in [1.82, 2.24) is 9.78 Å². The SMILES string of the molecule is OCC(O)Cn1c[c]cn1. The summed E-state index contributed by atoms with van der Waals surface area (Å²) in [6.45, 7) is 0.0832. The molecular weight excluding hydrogens is 132 g/mol. The van der Waals surface area contributed by atoms with Crippen molar-refractivity contribution in [3.05, 3.63) is 18.5 Å². The second-order valence-corrected chi connectivity index (χ2v) is 2.00. The van der Waals surface area contributed by atoms with Crippen LogP contribution in [0.1, 0.15) is 0 Å². The highest BCUT2D eigenvalue weighted by Gasteiger charge is 2.01. The van der Waals surface area contributed by atoms with Crippen molar-refractivity contribution < 1.29 is 10.2 Å². The number of hydrogen-bond donors (Lipinski definition) is 2. The molecule has 0 aliphatic rings. The molecule has 1 aromatic heterocycles. The fourth-order valence-electron chi connectivity index (χ4n) is 0.634. The van der Waals surface area contributed by atoms with Gasteiger partial charge in [-0.15, -0.1) is 0 Å². The van der Waals surface area contributed by atoms with Crippen LogP contribution < -0.4 is 0 Å². The Bertz CT molecular complexity index is 174. The van der Waals surface area contributed by atoms with E-state index >= 15 is 0 Å². The molecule has 1 radical (unpaired) electrons. The molecule has 4 heteroatoms. The van der Waals surface area contributed by atoms with E-state index in [2.05, 4.69) is 11.2 Å². The van der Waals surface area contributed by atoms with E-state index in [0.29, 0.717) is 6.54 Å². The van der Waals surface area contributed by atoms with Crippen LogP contribution in [-0.4, -0.2) is 32.7 Å². The first-order chi connectivity index (χ1) is 4.83. The normalized spacial score (nSPS) is 13.4. The van der Waals surface area contributed by atoms with Crippen LogP contribution in [0.4, 0.5) is 0 Å². The zero-order valence-corrected chi connectivity index (χ0v) is 5.44. The lowest BCUT2D eigenvalue weighted by Crippen LogP contribution is -2.19. The van der Waals surface area contributed by atoms with Gasteiger partial charge in [0.15, 0.2) is 0 Å². The third kappa shape index (κ3) is 1.82. The maximum absolute atomic E-state index is 8.91. The lowest BCUT2D eigenvalue weighted by atomic mass is 10.4. The largest absolute Gasteiger partial charge is 0.394 e. The molecule has 1 aromatic rings. The van der Waals surface area contributed by atoms with Crippen LogP contribution in [0.3, 0.4) is 0 Å². The van der Waals surface area contributed by atoms with E-state index in [1.807, 2.05) is 0 Å². The Morgan fingerprint density at radius 2 is 2.50 bits per heavy atom. The summed E-state index contributed by atoms with van der Waals surface area (Å²) in [5.41, 5.74) is 0. The van der Waals surface area contributed by atoms with E-state index in [1.54, 1.807) is 6.20 Å². The molecule has 0 amide bonds. The molecular formula is C6H9N2O2. The van der Waals surface area contributed by atoms with Gasteiger partial charge in [-0.25, -0.2) is 0 Å². The third-order valence-electron chi connectivity index (χ3n) is 1.11. The molecule has 55 valence electrons. The van der Waals surface area contributed by atoms with Gasteiger partial charge in [0.1, 0.15) is 0 Å². The van der Waals surface area contributed by atoms with Crippen LogP contribution >= 0.6 is 0 Å². The Morgan fingerprint density at radius 3 is 3.00 bits per heavy atom. The van der Waals surface area contributed by atoms with E-state index < -0.39 is 6.10 Å². The van der Waals surface area contributed by atoms with Crippen LogP contribution in [0, 0.1) is 6.07 Å². The molecule has 0 fully saturated rings. The summed E-state index contributed by atoms with van der Waals surface area (Å²) < 4.78 is 1.51. The predicted octanol–water partition coefficient (Wildman–Crippen LogP) is -0.964. The number of aliphatic hydroxyl groups excluding tert-OH is 2. The fraction of sp³-hybridized carbons (Fsp3) is 0.500. The van der Waals surface area contributed by atoms with Crippen LogP contribution in [0.5, 0.6) is 0 Å². The first-order valence-corrected chi connectivity index (χ1v) is 3.00. The Morgan fingerprint density at radius 1 is 1.70 bits per heavy atom. The van der Waals surface area contributed by atoms with Crippen LogP contribution in [0.2, 0.25) is 0 Å². The number of hydrogen-bond acceptors (Lipinski definition) is 3. The molecule has 0 bridgehead atoms. The Kier molecular flexibility index (Phi) is 2.42. The Labute approximate surface area is 58.7 Å². The van der Waals surface area contributed by atoms with Gasteiger partial charge < -0.3 is 10.2 Å². The van der Waals surface area contributed by atoms with E-state index in [9.17, 15) is 0 Å². The molecule has 4 nitrogen and oxygen atoms in total. The van der Waals surface area contributed by atoms with Crippen molar-refractivity contribution in [3.8, 4) is 0 Å². The molecule has 0 aromatic carbocycles. The second kappa shape index (κ2) is 3.34. The maximum atomic E-state index is 8.91. The lowest BCUT2D eigenvalue weighted by Gasteiger charge is -2.05. The molecule has 1 atom stereocenters. The number of rotatable bonds is 3. The summed E-state index contributed by atoms with van der Waals surface area (Å²) >= 11 is 0. The van der Waals surface area contributed by atoms with Gasteiger partial charge in [0.2, 0.25) is 0 Å². The molecule has 0 saturated carbocycles. The molecule has 0 spiro atoms. The summed E-state index contributed by atoms with van der Waals surface area (Å²) in [7, 11) is 0. The zero-order valence-electron chi connectivity index (χ0n) is 5.44. The van der Waals surface area contributed by atoms with Crippen molar-refractivity contribution >= 4 is 0 Å². The van der Waals surface area contributed by atoms with Gasteiger partial charge in [-0.05, 0) is 0 Å². The molecule has 10 heavy (non-hydrogen) atoms. The molecule has 0 aliphatic carbocycles. The Hall–Kier alpha value is -0.870. The van der Waals surface area contributed by atoms with Gasteiger partial charge in [-0.3, -0.25) is 4.68 Å². The van der Waals surface area contributed by atoms with E-state index in [1.165, 1.54) is 10.9 Å². The van der Waals surface area contributed by atoms with Crippen LogP contribution in [0.15, 0.2) is 12.4 Å². The van der Waals surface area contributed by atoms with Crippen molar-refractivity contribution in [2.24, 2.45) is 0 Å². The highest BCUT2D eigenvalue weighted by atomic mass is 16.3. The second-order valence-electron chi connectivity index (χ2n) is 2.00. The van der Waals surface area contributed by atoms with Gasteiger partial charge in [-0.2, -0.15) is 5.10 Å². The lowest BCUT2D eigenvalue weighted by molar-refractivity contribution is 0.0782. The van der Waals surface area contributed by atoms with E-state index in [0.717, 1.165) is 0 Å². The summed E-state index contributed by atoms with van der Waals surface area (Å²) in [5.74, 6) is 0. The zero-order chi connectivity index (χ0) is 7.40. The molecule has 1 unspecified atom stereocenters. The number of aromatic nitrogens is 2. The molecule has 1 heterocycles. The minimum absolute atomic E-state index is 0.236. The van der Waals surface area contributed by atoms with Gasteiger partial charge in [0.05, 0.1) is 25.5 Å². The first kappa shape index (κ1) is 7.24. The van der Waals surface area contributed by atoms with E-state index in [-0.39, 0.29) is 6.61 Å². The highest BCUT2D eigenvalue weighted by molar-refractivity contribution is 4.75. The first-order valence-electron chi connectivity index (χ1n) is 3.00. The standard InChI is InChI=1S/C6H9N2O2/c9-5-6(10)4-8-3-1-2-7-8/h2-3,6,9-10H,4-5H2. The Balaban J connectivity index is 2.40. The summed E-state index contributed by atoms with van der Waals surface area (Å²) in [6, 6.07) is 2.72. The molecule has 0 saturated heterocycles. The van der Waals surface area contributed by atoms with Crippen LogP contribution in [0.25, 0.3) is 0 Å². The quantitative estimate of drug-likeness (QED) is 0.569. The maximum Gasteiger partial charge on any atom is 0.0966 e. The minimum atomic E-state index is -0.728. The summed E-state index contributed by atoms with van der Waals surface area (Å²) in [6.07, 6.45) is 2.39. The third-order valence-corrected chi connectivity index (χ3v) is 1.11. The average Bonchev–Trinajstić information content (AvgIpc) is 2.40. The van der Waals surface area contributed by atoms with Crippen molar-refractivity contribution in [2.75, 3.05) is 6.61 Å².